The van der Waals surface area contributed by atoms with Crippen molar-refractivity contribution in [2.75, 3.05) is 26.3 Å². The first kappa shape index (κ1) is 13.7. The highest BCUT2D eigenvalue weighted by Gasteiger charge is 2.15. The second kappa shape index (κ2) is 6.02. The lowest BCUT2D eigenvalue weighted by Gasteiger charge is -2.26. The van der Waals surface area contributed by atoms with Crippen LogP contribution in [0.5, 0.6) is 0 Å². The van der Waals surface area contributed by atoms with Crippen LogP contribution in [0.15, 0.2) is 29.1 Å². The fourth-order valence-corrected chi connectivity index (χ4v) is 2.35. The lowest BCUT2D eigenvalue weighted by molar-refractivity contribution is -0.127. The summed E-state index contributed by atoms with van der Waals surface area (Å²) < 4.78 is 5.23. The lowest BCUT2D eigenvalue weighted by atomic mass is 10.1. The molecule has 0 saturated carbocycles. The molecule has 0 bridgehead atoms. The van der Waals surface area contributed by atoms with Gasteiger partial charge in [-0.25, -0.2) is 10.1 Å². The monoisotopic (exact) mass is 288 g/mol. The molecular formula is C14H16N4O3. The molecule has 0 spiro atoms. The van der Waals surface area contributed by atoms with Crippen molar-refractivity contribution in [2.24, 2.45) is 0 Å². The van der Waals surface area contributed by atoms with Crippen LogP contribution in [-0.2, 0) is 16.0 Å². The van der Waals surface area contributed by atoms with E-state index in [1.54, 1.807) is 18.2 Å². The normalized spacial score (nSPS) is 16.0. The SMILES string of the molecule is O=C(Cc1n[nH]c(=O)c2ccccc12)NN1CCOCC1. The number of morpholine rings is 1. The van der Waals surface area contributed by atoms with Crippen molar-refractivity contribution in [3.63, 3.8) is 0 Å². The van der Waals surface area contributed by atoms with Crippen LogP contribution in [0, 0.1) is 0 Å². The van der Waals surface area contributed by atoms with Gasteiger partial charge in [-0.3, -0.25) is 15.0 Å². The molecule has 1 aliphatic rings. The topological polar surface area (TPSA) is 87.3 Å². The number of fused-ring (bicyclic) bond motifs is 1. The predicted molar refractivity (Wildman–Crippen MR) is 76.6 cm³/mol. The number of benzene rings is 1. The maximum absolute atomic E-state index is 12.1. The third-order valence-electron chi connectivity index (χ3n) is 3.40. The summed E-state index contributed by atoms with van der Waals surface area (Å²) in [4.78, 5) is 23.8. The molecule has 3 rings (SSSR count). The Balaban J connectivity index is 1.77. The molecule has 1 aromatic heterocycles. The number of hydrazine groups is 1. The zero-order valence-electron chi connectivity index (χ0n) is 11.5. The number of carbonyl (C=O) groups is 1. The molecule has 21 heavy (non-hydrogen) atoms. The van der Waals surface area contributed by atoms with Gasteiger partial charge in [0.25, 0.3) is 5.56 Å². The highest BCUT2D eigenvalue weighted by atomic mass is 16.5. The number of ether oxygens (including phenoxy) is 1. The number of hydrogen-bond acceptors (Lipinski definition) is 5. The van der Waals surface area contributed by atoms with Crippen molar-refractivity contribution >= 4 is 16.7 Å². The molecule has 1 fully saturated rings. The van der Waals surface area contributed by atoms with E-state index in [0.717, 1.165) is 0 Å². The molecule has 0 radical (unpaired) electrons. The number of nitrogens with zero attached hydrogens (tertiary/aromatic N) is 2. The molecule has 0 aliphatic carbocycles. The van der Waals surface area contributed by atoms with E-state index in [-0.39, 0.29) is 17.9 Å². The average molecular weight is 288 g/mol. The van der Waals surface area contributed by atoms with Gasteiger partial charge >= 0.3 is 0 Å². The summed E-state index contributed by atoms with van der Waals surface area (Å²) >= 11 is 0. The second-order valence-corrected chi connectivity index (χ2v) is 4.86. The predicted octanol–water partition coefficient (Wildman–Crippen LogP) is -0.171. The van der Waals surface area contributed by atoms with Gasteiger partial charge in [0.05, 0.1) is 30.7 Å². The number of nitrogens with one attached hydrogen (secondary N) is 2. The van der Waals surface area contributed by atoms with Crippen molar-refractivity contribution in [1.82, 2.24) is 20.6 Å². The summed E-state index contributed by atoms with van der Waals surface area (Å²) in [7, 11) is 0. The molecule has 2 N–H and O–H groups in total. The van der Waals surface area contributed by atoms with Gasteiger partial charge in [0, 0.05) is 18.5 Å². The first-order valence-corrected chi connectivity index (χ1v) is 6.82. The molecule has 0 atom stereocenters. The van der Waals surface area contributed by atoms with Gasteiger partial charge in [0.2, 0.25) is 5.91 Å². The number of carbonyl (C=O) groups excluding carboxylic acids is 1. The summed E-state index contributed by atoms with van der Waals surface area (Å²) in [6.07, 6.45) is 0.120. The van der Waals surface area contributed by atoms with Crippen LogP contribution in [-0.4, -0.2) is 47.4 Å². The van der Waals surface area contributed by atoms with Crippen molar-refractivity contribution in [3.05, 3.63) is 40.3 Å². The van der Waals surface area contributed by atoms with Crippen LogP contribution in [0.4, 0.5) is 0 Å². The molecule has 1 aromatic carbocycles. The Labute approximate surface area is 120 Å². The number of aromatic amines is 1. The zero-order chi connectivity index (χ0) is 14.7. The number of H-pyrrole nitrogens is 1. The van der Waals surface area contributed by atoms with E-state index in [0.29, 0.717) is 42.8 Å². The summed E-state index contributed by atoms with van der Waals surface area (Å²) in [5.74, 6) is -0.151. The molecule has 7 heteroatoms. The summed E-state index contributed by atoms with van der Waals surface area (Å²) in [6.45, 7) is 2.57. The first-order chi connectivity index (χ1) is 10.2. The molecule has 1 aliphatic heterocycles. The summed E-state index contributed by atoms with van der Waals surface area (Å²) in [5, 5.41) is 9.51. The van der Waals surface area contributed by atoms with E-state index in [1.807, 2.05) is 11.1 Å². The minimum absolute atomic E-state index is 0.120. The standard InChI is InChI=1S/C14H16N4O3/c19-13(17-18-5-7-21-8-6-18)9-12-10-3-1-2-4-11(10)14(20)16-15-12/h1-4H,5-9H2,(H,16,20)(H,17,19). The van der Waals surface area contributed by atoms with E-state index in [9.17, 15) is 9.59 Å². The highest BCUT2D eigenvalue weighted by Crippen LogP contribution is 2.12. The average Bonchev–Trinajstić information content (AvgIpc) is 2.51. The van der Waals surface area contributed by atoms with Gasteiger partial charge in [-0.1, -0.05) is 18.2 Å². The Hall–Kier alpha value is -2.25. The number of rotatable bonds is 3. The molecule has 2 heterocycles. The van der Waals surface area contributed by atoms with Gasteiger partial charge in [0.15, 0.2) is 0 Å². The van der Waals surface area contributed by atoms with Crippen LogP contribution in [0.2, 0.25) is 0 Å². The Bertz CT molecular complexity index is 707. The fourth-order valence-electron chi connectivity index (χ4n) is 2.35. The second-order valence-electron chi connectivity index (χ2n) is 4.86. The first-order valence-electron chi connectivity index (χ1n) is 6.82. The van der Waals surface area contributed by atoms with Gasteiger partial charge in [-0.2, -0.15) is 5.10 Å². The Morgan fingerprint density at radius 2 is 2.00 bits per heavy atom. The molecule has 1 amide bonds. The van der Waals surface area contributed by atoms with E-state index in [4.69, 9.17) is 4.74 Å². The molecule has 7 nitrogen and oxygen atoms in total. The number of hydrogen-bond donors (Lipinski definition) is 2. The minimum atomic E-state index is -0.247. The molecule has 110 valence electrons. The third kappa shape index (κ3) is 3.09. The minimum Gasteiger partial charge on any atom is -0.379 e. The molecule has 1 saturated heterocycles. The zero-order valence-corrected chi connectivity index (χ0v) is 11.5. The van der Waals surface area contributed by atoms with Crippen molar-refractivity contribution in [1.29, 1.82) is 0 Å². The van der Waals surface area contributed by atoms with Crippen molar-refractivity contribution < 1.29 is 9.53 Å². The van der Waals surface area contributed by atoms with Crippen molar-refractivity contribution in [2.45, 2.75) is 6.42 Å². The molecule has 2 aromatic rings. The quantitative estimate of drug-likeness (QED) is 0.819. The maximum Gasteiger partial charge on any atom is 0.272 e. The Morgan fingerprint density at radius 1 is 1.29 bits per heavy atom. The maximum atomic E-state index is 12.1. The van der Waals surface area contributed by atoms with Gasteiger partial charge in [-0.15, -0.1) is 0 Å². The van der Waals surface area contributed by atoms with E-state index < -0.39 is 0 Å². The van der Waals surface area contributed by atoms with E-state index in [2.05, 4.69) is 15.6 Å². The van der Waals surface area contributed by atoms with Crippen LogP contribution in [0.25, 0.3) is 10.8 Å². The summed E-state index contributed by atoms with van der Waals surface area (Å²) in [5.41, 5.74) is 3.15. The smallest absolute Gasteiger partial charge is 0.272 e. The van der Waals surface area contributed by atoms with Crippen LogP contribution < -0.4 is 11.0 Å². The van der Waals surface area contributed by atoms with E-state index in [1.165, 1.54) is 0 Å². The lowest BCUT2D eigenvalue weighted by Crippen LogP contribution is -2.48. The van der Waals surface area contributed by atoms with Gasteiger partial charge < -0.3 is 4.74 Å². The largest absolute Gasteiger partial charge is 0.379 e. The Morgan fingerprint density at radius 3 is 2.76 bits per heavy atom. The summed E-state index contributed by atoms with van der Waals surface area (Å²) in [6, 6.07) is 7.14. The number of amides is 1. The van der Waals surface area contributed by atoms with Gasteiger partial charge in [0.1, 0.15) is 0 Å². The van der Waals surface area contributed by atoms with Crippen molar-refractivity contribution in [3.8, 4) is 0 Å². The third-order valence-corrected chi connectivity index (χ3v) is 3.40. The van der Waals surface area contributed by atoms with Crippen LogP contribution in [0.1, 0.15) is 5.69 Å². The fraction of sp³-hybridized carbons (Fsp3) is 0.357. The Kier molecular flexibility index (Phi) is 3.94. The van der Waals surface area contributed by atoms with Gasteiger partial charge in [-0.05, 0) is 6.07 Å². The van der Waals surface area contributed by atoms with Crippen LogP contribution in [0.3, 0.4) is 0 Å². The highest BCUT2D eigenvalue weighted by molar-refractivity contribution is 5.88. The van der Waals surface area contributed by atoms with E-state index >= 15 is 0 Å². The molecule has 0 unspecified atom stereocenters. The van der Waals surface area contributed by atoms with Crippen LogP contribution >= 0.6 is 0 Å². The number of aromatic nitrogens is 2. The molecular weight excluding hydrogens is 272 g/mol.